The van der Waals surface area contributed by atoms with Crippen LogP contribution in [0.3, 0.4) is 0 Å². The number of hydrogen-bond acceptors (Lipinski definition) is 4. The summed E-state index contributed by atoms with van der Waals surface area (Å²) >= 11 is 0. The number of hydrogen-bond donors (Lipinski definition) is 2. The maximum Gasteiger partial charge on any atom is 0.573 e. The molecule has 196 valence electrons. The number of alkyl halides is 3. The first kappa shape index (κ1) is 27.3. The minimum absolute atomic E-state index is 0.0251. The van der Waals surface area contributed by atoms with Crippen LogP contribution in [0.1, 0.15) is 32.8 Å². The third kappa shape index (κ3) is 7.87. The second kappa shape index (κ2) is 11.2. The van der Waals surface area contributed by atoms with Gasteiger partial charge in [0, 0.05) is 38.4 Å². The molecule has 0 bridgehead atoms. The molecule has 36 heavy (non-hydrogen) atoms. The topological polar surface area (TPSA) is 73.9 Å². The van der Waals surface area contributed by atoms with E-state index in [0.717, 1.165) is 38.2 Å². The Balaban J connectivity index is 1.59. The molecule has 3 rings (SSSR count). The van der Waals surface area contributed by atoms with Crippen LogP contribution in [0.25, 0.3) is 0 Å². The molecule has 10 heteroatoms. The molecule has 1 heterocycles. The molecule has 0 aromatic heterocycles. The number of carbonyl (C=O) groups is 2. The molecule has 1 aliphatic heterocycles. The monoisotopic (exact) mass is 506 g/mol. The summed E-state index contributed by atoms with van der Waals surface area (Å²) in [5.74, 6) is -0.589. The lowest BCUT2D eigenvalue weighted by molar-refractivity contribution is -0.274. The molecule has 1 aliphatic rings. The van der Waals surface area contributed by atoms with Gasteiger partial charge >= 0.3 is 12.4 Å². The van der Waals surface area contributed by atoms with E-state index >= 15 is 0 Å². The van der Waals surface area contributed by atoms with Crippen molar-refractivity contribution in [3.8, 4) is 5.75 Å². The third-order valence-electron chi connectivity index (χ3n) is 6.13. The largest absolute Gasteiger partial charge is 0.573 e. The van der Waals surface area contributed by atoms with Crippen molar-refractivity contribution in [2.45, 2.75) is 52.2 Å². The summed E-state index contributed by atoms with van der Waals surface area (Å²) in [6.45, 7) is 8.03. The summed E-state index contributed by atoms with van der Waals surface area (Å²) in [6, 6.07) is 13.5. The molecule has 1 saturated heterocycles. The average molecular weight is 507 g/mol. The lowest BCUT2D eigenvalue weighted by Crippen LogP contribution is -2.56. The van der Waals surface area contributed by atoms with Crippen LogP contribution in [0.5, 0.6) is 5.75 Å². The van der Waals surface area contributed by atoms with E-state index in [1.807, 2.05) is 39.0 Å². The molecular formula is C26H33F3N4O3. The summed E-state index contributed by atoms with van der Waals surface area (Å²) < 4.78 is 40.9. The summed E-state index contributed by atoms with van der Waals surface area (Å²) in [4.78, 5) is 30.1. The standard InChI is InChI=1S/C26H33F3N4O3/c1-25(2,3)22(31-24(35)30-19-10-12-21(13-11-19)36-26(27,28)29)23(34)32(4)20-14-15-33(17-20)16-18-8-6-5-7-9-18/h5-13,20,22H,14-17H2,1-4H3,(H2,30,31,35)/t20-,22+/m0/s1. The Labute approximate surface area is 209 Å². The van der Waals surface area contributed by atoms with Crippen molar-refractivity contribution in [2.24, 2.45) is 5.41 Å². The third-order valence-corrected chi connectivity index (χ3v) is 6.13. The Kier molecular flexibility index (Phi) is 8.50. The molecule has 7 nitrogen and oxygen atoms in total. The number of benzene rings is 2. The van der Waals surface area contributed by atoms with Crippen molar-refractivity contribution in [3.05, 3.63) is 60.2 Å². The SMILES string of the molecule is CN(C(=O)[C@@H](NC(=O)Nc1ccc(OC(F)(F)F)cc1)C(C)(C)C)[C@H]1CCN(Cc2ccccc2)C1. The number of nitrogens with zero attached hydrogens (tertiary/aromatic N) is 2. The second-order valence-corrected chi connectivity index (χ2v) is 10.1. The fourth-order valence-electron chi connectivity index (χ4n) is 4.18. The number of likely N-dealkylation sites (tertiary alicyclic amines) is 1. The summed E-state index contributed by atoms with van der Waals surface area (Å²) in [6.07, 6.45) is -3.96. The van der Waals surface area contributed by atoms with E-state index in [2.05, 4.69) is 32.4 Å². The highest BCUT2D eigenvalue weighted by molar-refractivity contribution is 5.94. The molecule has 2 aromatic rings. The zero-order valence-electron chi connectivity index (χ0n) is 20.9. The molecule has 2 N–H and O–H groups in total. The molecular weight excluding hydrogens is 473 g/mol. The van der Waals surface area contributed by atoms with Crippen LogP contribution in [0.15, 0.2) is 54.6 Å². The zero-order valence-corrected chi connectivity index (χ0v) is 20.9. The summed E-state index contributed by atoms with van der Waals surface area (Å²) in [5.41, 5.74) is 0.911. The molecule has 2 atom stereocenters. The number of anilines is 1. The van der Waals surface area contributed by atoms with Gasteiger partial charge in [0.2, 0.25) is 5.91 Å². The van der Waals surface area contributed by atoms with E-state index in [4.69, 9.17) is 0 Å². The molecule has 1 fully saturated rings. The minimum atomic E-state index is -4.80. The van der Waals surface area contributed by atoms with Gasteiger partial charge in [-0.1, -0.05) is 51.1 Å². The summed E-state index contributed by atoms with van der Waals surface area (Å²) in [5, 5.41) is 5.31. The Morgan fingerprint density at radius 2 is 1.72 bits per heavy atom. The number of nitrogens with one attached hydrogen (secondary N) is 2. The Morgan fingerprint density at radius 1 is 1.08 bits per heavy atom. The van der Waals surface area contributed by atoms with Gasteiger partial charge < -0.3 is 20.3 Å². The maximum atomic E-state index is 13.4. The van der Waals surface area contributed by atoms with Crippen molar-refractivity contribution in [3.63, 3.8) is 0 Å². The number of rotatable bonds is 7. The predicted molar refractivity (Wildman–Crippen MR) is 131 cm³/mol. The fraction of sp³-hybridized carbons (Fsp3) is 0.462. The van der Waals surface area contributed by atoms with E-state index in [1.54, 1.807) is 11.9 Å². The van der Waals surface area contributed by atoms with Crippen LogP contribution in [-0.4, -0.2) is 60.3 Å². The Bertz CT molecular complexity index is 1020. The van der Waals surface area contributed by atoms with Crippen molar-refractivity contribution >= 4 is 17.6 Å². The van der Waals surface area contributed by atoms with E-state index in [1.165, 1.54) is 17.7 Å². The predicted octanol–water partition coefficient (Wildman–Crippen LogP) is 4.85. The zero-order chi connectivity index (χ0) is 26.5. The van der Waals surface area contributed by atoms with E-state index in [-0.39, 0.29) is 17.6 Å². The molecule has 0 radical (unpaired) electrons. The van der Waals surface area contributed by atoms with Gasteiger partial charge in [0.15, 0.2) is 0 Å². The number of carbonyl (C=O) groups excluding carboxylic acids is 2. The van der Waals surface area contributed by atoms with E-state index < -0.39 is 29.6 Å². The number of ether oxygens (including phenoxy) is 1. The van der Waals surface area contributed by atoms with Gasteiger partial charge in [-0.2, -0.15) is 0 Å². The van der Waals surface area contributed by atoms with Crippen molar-refractivity contribution in [1.29, 1.82) is 0 Å². The smallest absolute Gasteiger partial charge is 0.406 e. The Hall–Kier alpha value is -3.27. The molecule has 2 aromatic carbocycles. The maximum absolute atomic E-state index is 13.4. The van der Waals surface area contributed by atoms with E-state index in [0.29, 0.717) is 0 Å². The van der Waals surface area contributed by atoms with E-state index in [9.17, 15) is 22.8 Å². The number of amides is 3. The second-order valence-electron chi connectivity index (χ2n) is 10.1. The van der Waals surface area contributed by atoms with Crippen LogP contribution >= 0.6 is 0 Å². The van der Waals surface area contributed by atoms with Gasteiger partial charge in [0.25, 0.3) is 0 Å². The van der Waals surface area contributed by atoms with Crippen molar-refractivity contribution < 1.29 is 27.5 Å². The van der Waals surface area contributed by atoms with Crippen LogP contribution in [0, 0.1) is 5.41 Å². The lowest BCUT2D eigenvalue weighted by atomic mass is 9.85. The molecule has 3 amide bonds. The highest BCUT2D eigenvalue weighted by atomic mass is 19.4. The minimum Gasteiger partial charge on any atom is -0.406 e. The van der Waals surface area contributed by atoms with Gasteiger partial charge in [-0.15, -0.1) is 13.2 Å². The van der Waals surface area contributed by atoms with Crippen LogP contribution in [0.4, 0.5) is 23.7 Å². The average Bonchev–Trinajstić information content (AvgIpc) is 3.25. The van der Waals surface area contributed by atoms with Gasteiger partial charge in [0.05, 0.1) is 0 Å². The van der Waals surface area contributed by atoms with Crippen molar-refractivity contribution in [2.75, 3.05) is 25.5 Å². The highest BCUT2D eigenvalue weighted by Crippen LogP contribution is 2.26. The van der Waals surface area contributed by atoms with Gasteiger partial charge in [0.1, 0.15) is 11.8 Å². The molecule has 0 spiro atoms. The molecule has 0 saturated carbocycles. The molecule has 0 aliphatic carbocycles. The number of likely N-dealkylation sites (N-methyl/N-ethyl adjacent to an activating group) is 1. The highest BCUT2D eigenvalue weighted by Gasteiger charge is 2.38. The van der Waals surface area contributed by atoms with Gasteiger partial charge in [-0.3, -0.25) is 9.69 Å². The van der Waals surface area contributed by atoms with Gasteiger partial charge in [-0.25, -0.2) is 4.79 Å². The summed E-state index contributed by atoms with van der Waals surface area (Å²) in [7, 11) is 1.76. The lowest BCUT2D eigenvalue weighted by Gasteiger charge is -2.35. The van der Waals surface area contributed by atoms with Crippen LogP contribution < -0.4 is 15.4 Å². The first-order valence-corrected chi connectivity index (χ1v) is 11.8. The quantitative estimate of drug-likeness (QED) is 0.563. The number of urea groups is 1. The first-order valence-electron chi connectivity index (χ1n) is 11.8. The fourth-order valence-corrected chi connectivity index (χ4v) is 4.18. The Morgan fingerprint density at radius 3 is 2.31 bits per heavy atom. The normalized spacial score (nSPS) is 17.4. The number of halogens is 3. The van der Waals surface area contributed by atoms with Gasteiger partial charge in [-0.05, 0) is 41.7 Å². The van der Waals surface area contributed by atoms with Crippen LogP contribution in [0.2, 0.25) is 0 Å². The first-order chi connectivity index (χ1) is 16.8. The van der Waals surface area contributed by atoms with Crippen molar-refractivity contribution in [1.82, 2.24) is 15.1 Å². The van der Waals surface area contributed by atoms with Crippen LogP contribution in [-0.2, 0) is 11.3 Å². The molecule has 0 unspecified atom stereocenters.